The molecule has 2 aromatic carbocycles. The predicted molar refractivity (Wildman–Crippen MR) is 105 cm³/mol. The van der Waals surface area contributed by atoms with Crippen LogP contribution in [-0.4, -0.2) is 23.0 Å². The Labute approximate surface area is 166 Å². The van der Waals surface area contributed by atoms with Crippen LogP contribution in [0.25, 0.3) is 10.6 Å². The van der Waals surface area contributed by atoms with Gasteiger partial charge in [-0.25, -0.2) is 14.2 Å². The van der Waals surface area contributed by atoms with Gasteiger partial charge in [0.15, 0.2) is 6.10 Å². The minimum atomic E-state index is -0.963. The molecule has 1 N–H and O–H groups in total. The van der Waals surface area contributed by atoms with Gasteiger partial charge in [-0.2, -0.15) is 0 Å². The highest BCUT2D eigenvalue weighted by Gasteiger charge is 2.23. The molecule has 1 atom stereocenters. The molecule has 1 amide bonds. The number of benzene rings is 2. The van der Waals surface area contributed by atoms with Gasteiger partial charge in [0.1, 0.15) is 15.7 Å². The summed E-state index contributed by atoms with van der Waals surface area (Å²) in [5.74, 6) is -1.35. The molecule has 0 bridgehead atoms. The Balaban J connectivity index is 1.60. The normalized spacial score (nSPS) is 11.7. The van der Waals surface area contributed by atoms with Gasteiger partial charge in [-0.05, 0) is 31.5 Å². The van der Waals surface area contributed by atoms with Gasteiger partial charge >= 0.3 is 5.97 Å². The SMILES string of the molecule is Cc1nc(-c2ccccc2)sc1C(=O)OC(C)C(=O)NCc1ccc(F)cc1. The summed E-state index contributed by atoms with van der Waals surface area (Å²) in [5, 5.41) is 3.39. The molecule has 1 unspecified atom stereocenters. The first-order chi connectivity index (χ1) is 13.4. The van der Waals surface area contributed by atoms with Crippen LogP contribution in [0.4, 0.5) is 4.39 Å². The van der Waals surface area contributed by atoms with E-state index < -0.39 is 18.0 Å². The minimum Gasteiger partial charge on any atom is -0.448 e. The van der Waals surface area contributed by atoms with Gasteiger partial charge in [-0.15, -0.1) is 11.3 Å². The maximum absolute atomic E-state index is 12.9. The molecule has 7 heteroatoms. The number of carbonyl (C=O) groups excluding carboxylic acids is 2. The molecule has 144 valence electrons. The molecular formula is C21H19FN2O3S. The summed E-state index contributed by atoms with van der Waals surface area (Å²) in [4.78, 5) is 29.4. The smallest absolute Gasteiger partial charge is 0.351 e. The van der Waals surface area contributed by atoms with Crippen molar-refractivity contribution in [3.8, 4) is 10.6 Å². The molecule has 1 heterocycles. The number of carbonyl (C=O) groups is 2. The third-order valence-electron chi connectivity index (χ3n) is 4.04. The van der Waals surface area contributed by atoms with E-state index in [1.165, 1.54) is 30.4 Å². The second-order valence-corrected chi connectivity index (χ2v) is 7.19. The largest absolute Gasteiger partial charge is 0.448 e. The Kier molecular flexibility index (Phi) is 6.16. The lowest BCUT2D eigenvalue weighted by atomic mass is 10.2. The lowest BCUT2D eigenvalue weighted by Crippen LogP contribution is -2.35. The first-order valence-corrected chi connectivity index (χ1v) is 9.51. The minimum absolute atomic E-state index is 0.221. The number of hydrogen-bond donors (Lipinski definition) is 1. The van der Waals surface area contributed by atoms with Crippen molar-refractivity contribution in [2.24, 2.45) is 0 Å². The van der Waals surface area contributed by atoms with E-state index in [1.54, 1.807) is 19.1 Å². The van der Waals surface area contributed by atoms with Crippen LogP contribution >= 0.6 is 11.3 Å². The average Bonchev–Trinajstić information content (AvgIpc) is 3.09. The fourth-order valence-corrected chi connectivity index (χ4v) is 3.45. The van der Waals surface area contributed by atoms with Crippen LogP contribution in [0, 0.1) is 12.7 Å². The zero-order valence-electron chi connectivity index (χ0n) is 15.4. The fourth-order valence-electron chi connectivity index (χ4n) is 2.49. The summed E-state index contributed by atoms with van der Waals surface area (Å²) in [6, 6.07) is 15.3. The first kappa shape index (κ1) is 19.7. The number of aromatic nitrogens is 1. The number of rotatable bonds is 6. The molecule has 0 aliphatic heterocycles. The van der Waals surface area contributed by atoms with E-state index >= 15 is 0 Å². The van der Waals surface area contributed by atoms with E-state index in [0.717, 1.165) is 16.1 Å². The number of thiazole rings is 1. The van der Waals surface area contributed by atoms with Crippen LogP contribution in [0.5, 0.6) is 0 Å². The fraction of sp³-hybridized carbons (Fsp3) is 0.190. The Hall–Kier alpha value is -3.06. The van der Waals surface area contributed by atoms with Gasteiger partial charge in [0.05, 0.1) is 5.69 Å². The van der Waals surface area contributed by atoms with Gasteiger partial charge in [0.25, 0.3) is 5.91 Å². The Morgan fingerprint density at radius 3 is 2.50 bits per heavy atom. The van der Waals surface area contributed by atoms with Crippen LogP contribution in [0.1, 0.15) is 27.9 Å². The van der Waals surface area contributed by atoms with Crippen molar-refractivity contribution in [3.63, 3.8) is 0 Å². The molecule has 0 aliphatic carbocycles. The Morgan fingerprint density at radius 2 is 1.82 bits per heavy atom. The quantitative estimate of drug-likeness (QED) is 0.634. The van der Waals surface area contributed by atoms with E-state index in [1.807, 2.05) is 30.3 Å². The third kappa shape index (κ3) is 4.80. The lowest BCUT2D eigenvalue weighted by Gasteiger charge is -2.13. The highest BCUT2D eigenvalue weighted by atomic mass is 32.1. The molecule has 3 rings (SSSR count). The van der Waals surface area contributed by atoms with E-state index in [2.05, 4.69) is 10.3 Å². The van der Waals surface area contributed by atoms with Crippen molar-refractivity contribution < 1.29 is 18.7 Å². The number of halogens is 1. The molecule has 28 heavy (non-hydrogen) atoms. The number of esters is 1. The summed E-state index contributed by atoms with van der Waals surface area (Å²) >= 11 is 1.23. The molecule has 0 saturated carbocycles. The number of amides is 1. The maximum Gasteiger partial charge on any atom is 0.351 e. The van der Waals surface area contributed by atoms with Gasteiger partial charge in [0, 0.05) is 12.1 Å². The summed E-state index contributed by atoms with van der Waals surface area (Å²) in [7, 11) is 0. The molecule has 0 spiro atoms. The standard InChI is InChI=1S/C21H19FN2O3S/c1-13-18(28-20(24-13)16-6-4-3-5-7-16)21(26)27-14(2)19(25)23-12-15-8-10-17(22)11-9-15/h3-11,14H,12H2,1-2H3,(H,23,25). The molecule has 0 saturated heterocycles. The number of aryl methyl sites for hydroxylation is 1. The number of nitrogens with zero attached hydrogens (tertiary/aromatic N) is 1. The molecule has 3 aromatic rings. The number of ether oxygens (including phenoxy) is 1. The second-order valence-electron chi connectivity index (χ2n) is 6.19. The van der Waals surface area contributed by atoms with Crippen LogP contribution in [0.2, 0.25) is 0 Å². The lowest BCUT2D eigenvalue weighted by molar-refractivity contribution is -0.129. The Morgan fingerprint density at radius 1 is 1.14 bits per heavy atom. The molecule has 5 nitrogen and oxygen atoms in total. The molecule has 0 aliphatic rings. The number of nitrogens with one attached hydrogen (secondary N) is 1. The van der Waals surface area contributed by atoms with Crippen molar-refractivity contribution in [1.29, 1.82) is 0 Å². The first-order valence-electron chi connectivity index (χ1n) is 8.70. The van der Waals surface area contributed by atoms with Gasteiger partial charge in [0.2, 0.25) is 0 Å². The topological polar surface area (TPSA) is 68.3 Å². The van der Waals surface area contributed by atoms with Crippen molar-refractivity contribution in [2.75, 3.05) is 0 Å². The predicted octanol–water partition coefficient (Wildman–Crippen LogP) is 4.12. The van der Waals surface area contributed by atoms with Crippen LogP contribution in [0.15, 0.2) is 54.6 Å². The third-order valence-corrected chi connectivity index (χ3v) is 5.22. The zero-order valence-corrected chi connectivity index (χ0v) is 16.3. The van der Waals surface area contributed by atoms with E-state index in [-0.39, 0.29) is 12.4 Å². The average molecular weight is 398 g/mol. The maximum atomic E-state index is 12.9. The summed E-state index contributed by atoms with van der Waals surface area (Å²) < 4.78 is 18.2. The molecule has 1 aromatic heterocycles. The van der Waals surface area contributed by atoms with E-state index in [4.69, 9.17) is 4.74 Å². The van der Waals surface area contributed by atoms with Gasteiger partial charge < -0.3 is 10.1 Å². The van der Waals surface area contributed by atoms with Crippen molar-refractivity contribution >= 4 is 23.2 Å². The van der Waals surface area contributed by atoms with Gasteiger partial charge in [-0.3, -0.25) is 4.79 Å². The monoisotopic (exact) mass is 398 g/mol. The van der Waals surface area contributed by atoms with Crippen molar-refractivity contribution in [2.45, 2.75) is 26.5 Å². The molecule has 0 radical (unpaired) electrons. The van der Waals surface area contributed by atoms with Crippen molar-refractivity contribution in [1.82, 2.24) is 10.3 Å². The van der Waals surface area contributed by atoms with Crippen LogP contribution in [-0.2, 0) is 16.1 Å². The molecular weight excluding hydrogens is 379 g/mol. The second kappa shape index (κ2) is 8.75. The van der Waals surface area contributed by atoms with Crippen LogP contribution in [0.3, 0.4) is 0 Å². The van der Waals surface area contributed by atoms with Crippen molar-refractivity contribution in [3.05, 3.63) is 76.5 Å². The van der Waals surface area contributed by atoms with E-state index in [0.29, 0.717) is 10.6 Å². The summed E-state index contributed by atoms with van der Waals surface area (Å²) in [6.45, 7) is 3.46. The zero-order chi connectivity index (χ0) is 20.1. The number of hydrogen-bond acceptors (Lipinski definition) is 5. The highest BCUT2D eigenvalue weighted by molar-refractivity contribution is 7.17. The van der Waals surface area contributed by atoms with E-state index in [9.17, 15) is 14.0 Å². The Bertz CT molecular complexity index is 971. The van der Waals surface area contributed by atoms with Crippen LogP contribution < -0.4 is 5.32 Å². The highest BCUT2D eigenvalue weighted by Crippen LogP contribution is 2.28. The van der Waals surface area contributed by atoms with Gasteiger partial charge in [-0.1, -0.05) is 42.5 Å². The molecule has 0 fully saturated rings. The summed E-state index contributed by atoms with van der Waals surface area (Å²) in [6.07, 6.45) is -0.963. The summed E-state index contributed by atoms with van der Waals surface area (Å²) in [5.41, 5.74) is 2.23.